The van der Waals surface area contributed by atoms with Gasteiger partial charge in [0.25, 0.3) is 0 Å². The van der Waals surface area contributed by atoms with Crippen LogP contribution in [0.15, 0.2) is 52.8 Å². The lowest BCUT2D eigenvalue weighted by atomic mass is 10.2. The molecule has 0 radical (unpaired) electrons. The van der Waals surface area contributed by atoms with Gasteiger partial charge in [0.2, 0.25) is 0 Å². The van der Waals surface area contributed by atoms with Crippen LogP contribution in [-0.4, -0.2) is 23.2 Å². The number of azo groups is 1. The van der Waals surface area contributed by atoms with Crippen molar-refractivity contribution in [3.63, 3.8) is 0 Å². The second kappa shape index (κ2) is 5.72. The predicted octanol–water partition coefficient (Wildman–Crippen LogP) is 3.20. The van der Waals surface area contributed by atoms with Gasteiger partial charge in [-0.2, -0.15) is 0 Å². The number of benzene rings is 1. The fourth-order valence-corrected chi connectivity index (χ4v) is 1.50. The summed E-state index contributed by atoms with van der Waals surface area (Å²) in [5, 5.41) is 16.9. The fourth-order valence-electron chi connectivity index (χ4n) is 1.50. The molecule has 6 heteroatoms. The molecule has 2 aromatic rings. The van der Waals surface area contributed by atoms with E-state index in [0.29, 0.717) is 11.5 Å². The highest BCUT2D eigenvalue weighted by Gasteiger charge is 2.14. The monoisotopic (exact) mass is 257 g/mol. The SMILES string of the molecule is COc1c(N=Nc2ccccn2)cccc1C(=O)O. The van der Waals surface area contributed by atoms with E-state index in [0.717, 1.165) is 0 Å². The third kappa shape index (κ3) is 2.92. The van der Waals surface area contributed by atoms with Crippen molar-refractivity contribution in [1.29, 1.82) is 0 Å². The largest absolute Gasteiger partial charge is 0.494 e. The van der Waals surface area contributed by atoms with E-state index in [4.69, 9.17) is 9.84 Å². The Hall–Kier alpha value is -2.76. The van der Waals surface area contributed by atoms with Gasteiger partial charge in [0.05, 0.1) is 7.11 Å². The van der Waals surface area contributed by atoms with Gasteiger partial charge in [-0.05, 0) is 24.3 Å². The summed E-state index contributed by atoms with van der Waals surface area (Å²) in [5.74, 6) is -0.466. The van der Waals surface area contributed by atoms with Crippen molar-refractivity contribution in [3.8, 4) is 5.75 Å². The minimum atomic E-state index is -1.08. The smallest absolute Gasteiger partial charge is 0.339 e. The molecule has 0 unspecified atom stereocenters. The topological polar surface area (TPSA) is 84.1 Å². The normalized spacial score (nSPS) is 10.6. The van der Waals surface area contributed by atoms with Crippen LogP contribution in [0.5, 0.6) is 5.75 Å². The average Bonchev–Trinajstić information content (AvgIpc) is 2.45. The highest BCUT2D eigenvalue weighted by Crippen LogP contribution is 2.32. The lowest BCUT2D eigenvalue weighted by Crippen LogP contribution is -1.99. The predicted molar refractivity (Wildman–Crippen MR) is 68.4 cm³/mol. The lowest BCUT2D eigenvalue weighted by Gasteiger charge is -2.06. The average molecular weight is 257 g/mol. The Morgan fingerprint density at radius 3 is 2.68 bits per heavy atom. The summed E-state index contributed by atoms with van der Waals surface area (Å²) < 4.78 is 5.07. The van der Waals surface area contributed by atoms with Gasteiger partial charge in [0.15, 0.2) is 11.6 Å². The number of hydrogen-bond donors (Lipinski definition) is 1. The Bertz CT molecular complexity index is 612. The van der Waals surface area contributed by atoms with Crippen LogP contribution >= 0.6 is 0 Å². The van der Waals surface area contributed by atoms with Gasteiger partial charge < -0.3 is 9.84 Å². The molecule has 19 heavy (non-hydrogen) atoms. The Balaban J connectivity index is 2.38. The van der Waals surface area contributed by atoms with Gasteiger partial charge >= 0.3 is 5.97 Å². The maximum Gasteiger partial charge on any atom is 0.339 e. The molecule has 0 amide bonds. The van der Waals surface area contributed by atoms with Crippen molar-refractivity contribution in [2.24, 2.45) is 10.2 Å². The number of ether oxygens (including phenoxy) is 1. The first-order valence-corrected chi connectivity index (χ1v) is 5.45. The van der Waals surface area contributed by atoms with E-state index in [2.05, 4.69) is 15.2 Å². The molecule has 6 nitrogen and oxygen atoms in total. The molecule has 1 aromatic carbocycles. The fraction of sp³-hybridized carbons (Fsp3) is 0.0769. The standard InChI is InChI=1S/C13H11N3O3/c1-19-12-9(13(17)18)5-4-6-10(12)15-16-11-7-2-3-8-14-11/h2-8H,1H3,(H,17,18). The number of hydrogen-bond acceptors (Lipinski definition) is 5. The maximum absolute atomic E-state index is 11.0. The van der Waals surface area contributed by atoms with Crippen LogP contribution in [0.25, 0.3) is 0 Å². The highest BCUT2D eigenvalue weighted by molar-refractivity contribution is 5.93. The van der Waals surface area contributed by atoms with Crippen molar-refractivity contribution < 1.29 is 14.6 Å². The number of methoxy groups -OCH3 is 1. The van der Waals surface area contributed by atoms with E-state index >= 15 is 0 Å². The molecule has 0 spiro atoms. The number of carbonyl (C=O) groups is 1. The highest BCUT2D eigenvalue weighted by atomic mass is 16.5. The lowest BCUT2D eigenvalue weighted by molar-refractivity contribution is 0.0693. The first-order valence-electron chi connectivity index (χ1n) is 5.45. The number of pyridine rings is 1. The van der Waals surface area contributed by atoms with E-state index in [9.17, 15) is 4.79 Å². The van der Waals surface area contributed by atoms with Gasteiger partial charge in [-0.25, -0.2) is 9.78 Å². The summed E-state index contributed by atoms with van der Waals surface area (Å²) in [7, 11) is 1.39. The number of carboxylic acid groups (broad SMARTS) is 1. The number of para-hydroxylation sites is 1. The second-order valence-electron chi connectivity index (χ2n) is 3.55. The molecule has 0 fully saturated rings. The summed E-state index contributed by atoms with van der Waals surface area (Å²) in [4.78, 5) is 15.0. The summed E-state index contributed by atoms with van der Waals surface area (Å²) in [6.45, 7) is 0. The Labute approximate surface area is 109 Å². The molecule has 1 aromatic heterocycles. The van der Waals surface area contributed by atoms with E-state index in [1.54, 1.807) is 36.5 Å². The van der Waals surface area contributed by atoms with Crippen molar-refractivity contribution in [3.05, 3.63) is 48.2 Å². The van der Waals surface area contributed by atoms with E-state index < -0.39 is 5.97 Å². The van der Waals surface area contributed by atoms with E-state index in [1.807, 2.05) is 0 Å². The summed E-state index contributed by atoms with van der Waals surface area (Å²) in [6.07, 6.45) is 1.60. The van der Waals surface area contributed by atoms with Crippen molar-refractivity contribution in [1.82, 2.24) is 4.98 Å². The zero-order valence-electron chi connectivity index (χ0n) is 10.1. The molecule has 2 rings (SSSR count). The third-order valence-corrected chi connectivity index (χ3v) is 2.34. The van der Waals surface area contributed by atoms with Crippen LogP contribution < -0.4 is 4.74 Å². The number of rotatable bonds is 4. The second-order valence-corrected chi connectivity index (χ2v) is 3.55. The molecule has 1 N–H and O–H groups in total. The van der Waals surface area contributed by atoms with Gasteiger partial charge in [0.1, 0.15) is 11.3 Å². The van der Waals surface area contributed by atoms with Crippen molar-refractivity contribution in [2.45, 2.75) is 0 Å². The minimum absolute atomic E-state index is 0.0416. The van der Waals surface area contributed by atoms with E-state index in [-0.39, 0.29) is 11.3 Å². The number of nitrogens with zero attached hydrogens (tertiary/aromatic N) is 3. The van der Waals surface area contributed by atoms with Crippen LogP contribution in [0.3, 0.4) is 0 Å². The Morgan fingerprint density at radius 2 is 2.05 bits per heavy atom. The van der Waals surface area contributed by atoms with Crippen LogP contribution in [0.4, 0.5) is 11.5 Å². The Kier molecular flexibility index (Phi) is 3.82. The van der Waals surface area contributed by atoms with Gasteiger partial charge in [-0.1, -0.05) is 12.1 Å². The summed E-state index contributed by atoms with van der Waals surface area (Å²) >= 11 is 0. The quantitative estimate of drug-likeness (QED) is 0.852. The van der Waals surface area contributed by atoms with Crippen LogP contribution in [0.2, 0.25) is 0 Å². The molecular formula is C13H11N3O3. The maximum atomic E-state index is 11.0. The van der Waals surface area contributed by atoms with Crippen LogP contribution in [0, 0.1) is 0 Å². The first-order chi connectivity index (χ1) is 9.22. The van der Waals surface area contributed by atoms with Gasteiger partial charge in [0, 0.05) is 6.20 Å². The van der Waals surface area contributed by atoms with Crippen LogP contribution in [-0.2, 0) is 0 Å². The molecular weight excluding hydrogens is 246 g/mol. The van der Waals surface area contributed by atoms with Crippen molar-refractivity contribution in [2.75, 3.05) is 7.11 Å². The summed E-state index contributed by atoms with van der Waals surface area (Å²) in [5.41, 5.74) is 0.382. The van der Waals surface area contributed by atoms with Gasteiger partial charge in [-0.3, -0.25) is 0 Å². The van der Waals surface area contributed by atoms with Gasteiger partial charge in [-0.15, -0.1) is 10.2 Å². The van der Waals surface area contributed by atoms with Crippen LogP contribution in [0.1, 0.15) is 10.4 Å². The minimum Gasteiger partial charge on any atom is -0.494 e. The third-order valence-electron chi connectivity index (χ3n) is 2.34. The van der Waals surface area contributed by atoms with E-state index in [1.165, 1.54) is 13.2 Å². The number of aromatic carboxylic acids is 1. The number of carboxylic acids is 1. The summed E-state index contributed by atoms with van der Waals surface area (Å²) in [6, 6.07) is 9.89. The molecule has 1 heterocycles. The molecule has 0 aliphatic rings. The Morgan fingerprint density at radius 1 is 1.21 bits per heavy atom. The molecule has 0 atom stereocenters. The molecule has 0 bridgehead atoms. The molecule has 96 valence electrons. The number of aromatic nitrogens is 1. The molecule has 0 aliphatic carbocycles. The first kappa shape index (κ1) is 12.7. The zero-order chi connectivity index (χ0) is 13.7. The molecule has 0 saturated heterocycles. The molecule has 0 saturated carbocycles. The zero-order valence-corrected chi connectivity index (χ0v) is 10.1. The molecule has 0 aliphatic heterocycles. The van der Waals surface area contributed by atoms with Crippen molar-refractivity contribution >= 4 is 17.5 Å².